The molecule has 0 unspecified atom stereocenters. The molecule has 2 aromatic carbocycles. The molecule has 0 aliphatic heterocycles. The van der Waals surface area contributed by atoms with Gasteiger partial charge in [0.25, 0.3) is 5.19 Å². The molecule has 164 valence electrons. The molecular formula is C22H23F3N4OS. The first-order chi connectivity index (χ1) is 14.7. The summed E-state index contributed by atoms with van der Waals surface area (Å²) in [6.45, 7) is 6.78. The second kappa shape index (κ2) is 9.47. The van der Waals surface area contributed by atoms with E-state index in [1.54, 1.807) is 12.4 Å². The van der Waals surface area contributed by atoms with E-state index in [1.807, 2.05) is 44.9 Å². The highest BCUT2D eigenvalue weighted by molar-refractivity contribution is 7.07. The molecule has 0 saturated carbocycles. The molecule has 31 heavy (non-hydrogen) atoms. The Hall–Kier alpha value is -2.94. The van der Waals surface area contributed by atoms with Crippen LogP contribution in [0.1, 0.15) is 35.0 Å². The lowest BCUT2D eigenvalue weighted by Crippen LogP contribution is -2.14. The van der Waals surface area contributed by atoms with Crippen LogP contribution in [0.25, 0.3) is 0 Å². The zero-order chi connectivity index (χ0) is 22.6. The number of aliphatic imine (C=N–C) groups is 1. The maximum Gasteiger partial charge on any atom is 0.416 e. The number of hydrogen-bond donors (Lipinski definition) is 0. The fourth-order valence-corrected chi connectivity index (χ4v) is 3.31. The fourth-order valence-electron chi connectivity index (χ4n) is 2.75. The SMILES string of the molecule is CCN(C)C=Nc1cc(C)c(Oc2nc(Cc3cccc(C(F)(F)F)c3)ns2)cc1C. The summed E-state index contributed by atoms with van der Waals surface area (Å²) >= 11 is 1.07. The lowest BCUT2D eigenvalue weighted by Gasteiger charge is -2.11. The molecule has 0 aliphatic rings. The van der Waals surface area contributed by atoms with E-state index in [0.29, 0.717) is 22.3 Å². The third-order valence-electron chi connectivity index (χ3n) is 4.65. The van der Waals surface area contributed by atoms with Crippen LogP contribution >= 0.6 is 11.5 Å². The third-order valence-corrected chi connectivity index (χ3v) is 5.28. The van der Waals surface area contributed by atoms with Gasteiger partial charge in [0.05, 0.1) is 17.6 Å². The number of hydrogen-bond acceptors (Lipinski definition) is 5. The highest BCUT2D eigenvalue weighted by atomic mass is 32.1. The van der Waals surface area contributed by atoms with E-state index in [9.17, 15) is 13.2 Å². The average molecular weight is 449 g/mol. The summed E-state index contributed by atoms with van der Waals surface area (Å²) in [6, 6.07) is 9.00. The van der Waals surface area contributed by atoms with Gasteiger partial charge in [-0.05, 0) is 55.7 Å². The van der Waals surface area contributed by atoms with E-state index < -0.39 is 11.7 Å². The van der Waals surface area contributed by atoms with Crippen LogP contribution in [-0.4, -0.2) is 34.2 Å². The average Bonchev–Trinajstić information content (AvgIpc) is 3.15. The van der Waals surface area contributed by atoms with Gasteiger partial charge in [-0.3, -0.25) is 0 Å². The monoisotopic (exact) mass is 448 g/mol. The quantitative estimate of drug-likeness (QED) is 0.320. The molecule has 1 heterocycles. The van der Waals surface area contributed by atoms with Gasteiger partial charge in [-0.25, -0.2) is 4.99 Å². The van der Waals surface area contributed by atoms with Crippen LogP contribution in [0.4, 0.5) is 18.9 Å². The topological polar surface area (TPSA) is 50.6 Å². The van der Waals surface area contributed by atoms with Crippen molar-refractivity contribution in [1.29, 1.82) is 0 Å². The Morgan fingerprint density at radius 2 is 1.94 bits per heavy atom. The van der Waals surface area contributed by atoms with Gasteiger partial charge in [0.2, 0.25) is 0 Å². The third kappa shape index (κ3) is 6.04. The first-order valence-corrected chi connectivity index (χ1v) is 10.4. The summed E-state index contributed by atoms with van der Waals surface area (Å²) in [7, 11) is 1.95. The Labute approximate surface area is 183 Å². The second-order valence-electron chi connectivity index (χ2n) is 7.18. The smallest absolute Gasteiger partial charge is 0.416 e. The molecule has 1 aromatic heterocycles. The highest BCUT2D eigenvalue weighted by Gasteiger charge is 2.30. The Balaban J connectivity index is 1.73. The summed E-state index contributed by atoms with van der Waals surface area (Å²) in [5.74, 6) is 1.06. The van der Waals surface area contributed by atoms with Crippen molar-refractivity contribution in [3.8, 4) is 10.9 Å². The zero-order valence-corrected chi connectivity index (χ0v) is 18.5. The van der Waals surface area contributed by atoms with Crippen LogP contribution in [0.3, 0.4) is 0 Å². The Kier molecular flexibility index (Phi) is 6.94. The van der Waals surface area contributed by atoms with Crippen LogP contribution in [0, 0.1) is 13.8 Å². The van der Waals surface area contributed by atoms with Gasteiger partial charge in [0.1, 0.15) is 5.75 Å². The molecule has 9 heteroatoms. The fraction of sp³-hybridized carbons (Fsp3) is 0.318. The lowest BCUT2D eigenvalue weighted by molar-refractivity contribution is -0.137. The normalized spacial score (nSPS) is 11.8. The van der Waals surface area contributed by atoms with E-state index in [0.717, 1.165) is 47.0 Å². The molecule has 0 atom stereocenters. The molecule has 0 N–H and O–H groups in total. The molecule has 0 saturated heterocycles. The van der Waals surface area contributed by atoms with Crippen molar-refractivity contribution in [2.75, 3.05) is 13.6 Å². The van der Waals surface area contributed by atoms with Gasteiger partial charge in [-0.1, -0.05) is 18.2 Å². The van der Waals surface area contributed by atoms with Crippen molar-refractivity contribution in [2.45, 2.75) is 33.4 Å². The van der Waals surface area contributed by atoms with E-state index >= 15 is 0 Å². The predicted octanol–water partition coefficient (Wildman–Crippen LogP) is 6.17. The van der Waals surface area contributed by atoms with Crippen LogP contribution < -0.4 is 4.74 Å². The Bertz CT molecular complexity index is 1080. The Morgan fingerprint density at radius 1 is 1.16 bits per heavy atom. The number of aryl methyl sites for hydroxylation is 2. The van der Waals surface area contributed by atoms with Crippen molar-refractivity contribution >= 4 is 23.6 Å². The first kappa shape index (κ1) is 22.7. The predicted molar refractivity (Wildman–Crippen MR) is 117 cm³/mol. The molecule has 5 nitrogen and oxygen atoms in total. The van der Waals surface area contributed by atoms with Crippen molar-refractivity contribution in [3.05, 3.63) is 64.5 Å². The lowest BCUT2D eigenvalue weighted by atomic mass is 10.1. The standard InChI is InChI=1S/C22H23F3N4OS/c1-5-29(4)13-26-18-9-15(3)19(10-14(18)2)30-21-27-20(28-31-21)12-16-7-6-8-17(11-16)22(23,24)25/h6-11,13H,5,12H2,1-4H3. The maximum absolute atomic E-state index is 12.9. The van der Waals surface area contributed by atoms with Gasteiger partial charge in [-0.2, -0.15) is 22.5 Å². The van der Waals surface area contributed by atoms with Gasteiger partial charge in [-0.15, -0.1) is 0 Å². The molecule has 0 amide bonds. The van der Waals surface area contributed by atoms with Gasteiger partial charge in [0.15, 0.2) is 5.82 Å². The molecule has 0 bridgehead atoms. The summed E-state index contributed by atoms with van der Waals surface area (Å²) in [5, 5.41) is 0.339. The summed E-state index contributed by atoms with van der Waals surface area (Å²) in [5.41, 5.74) is 2.51. The van der Waals surface area contributed by atoms with Crippen LogP contribution in [0.2, 0.25) is 0 Å². The molecular weight excluding hydrogens is 425 g/mol. The van der Waals surface area contributed by atoms with Crippen molar-refractivity contribution in [2.24, 2.45) is 4.99 Å². The van der Waals surface area contributed by atoms with Crippen molar-refractivity contribution in [1.82, 2.24) is 14.3 Å². The number of alkyl halides is 3. The first-order valence-electron chi connectivity index (χ1n) is 9.68. The van der Waals surface area contributed by atoms with Crippen molar-refractivity contribution < 1.29 is 17.9 Å². The molecule has 0 radical (unpaired) electrons. The molecule has 0 aliphatic carbocycles. The van der Waals surface area contributed by atoms with E-state index in [-0.39, 0.29) is 6.42 Å². The highest BCUT2D eigenvalue weighted by Crippen LogP contribution is 2.33. The van der Waals surface area contributed by atoms with Crippen LogP contribution in [0.5, 0.6) is 10.9 Å². The number of halogens is 3. The minimum Gasteiger partial charge on any atom is -0.430 e. The second-order valence-corrected chi connectivity index (χ2v) is 7.89. The maximum atomic E-state index is 12.9. The number of aromatic nitrogens is 2. The Morgan fingerprint density at radius 3 is 2.65 bits per heavy atom. The largest absolute Gasteiger partial charge is 0.430 e. The molecule has 3 aromatic rings. The van der Waals surface area contributed by atoms with Gasteiger partial charge >= 0.3 is 6.18 Å². The molecule has 0 spiro atoms. The zero-order valence-electron chi connectivity index (χ0n) is 17.7. The number of rotatable bonds is 7. The summed E-state index contributed by atoms with van der Waals surface area (Å²) in [6.07, 6.45) is -2.40. The van der Waals surface area contributed by atoms with Crippen LogP contribution in [0.15, 0.2) is 41.4 Å². The van der Waals surface area contributed by atoms with E-state index in [4.69, 9.17) is 4.74 Å². The summed E-state index contributed by atoms with van der Waals surface area (Å²) in [4.78, 5) is 10.8. The van der Waals surface area contributed by atoms with Gasteiger partial charge in [0, 0.05) is 31.5 Å². The van der Waals surface area contributed by atoms with Crippen molar-refractivity contribution in [3.63, 3.8) is 0 Å². The summed E-state index contributed by atoms with van der Waals surface area (Å²) < 4.78 is 48.8. The number of nitrogens with zero attached hydrogens (tertiary/aromatic N) is 4. The molecule has 3 rings (SSSR count). The number of ether oxygens (including phenoxy) is 1. The number of benzene rings is 2. The van der Waals surface area contributed by atoms with Gasteiger partial charge < -0.3 is 9.64 Å². The van der Waals surface area contributed by atoms with E-state index in [1.165, 1.54) is 6.07 Å². The van der Waals surface area contributed by atoms with E-state index in [2.05, 4.69) is 14.3 Å². The minimum absolute atomic E-state index is 0.195. The molecule has 0 fully saturated rings. The minimum atomic E-state index is -4.38. The van der Waals surface area contributed by atoms with Crippen LogP contribution in [-0.2, 0) is 12.6 Å².